The number of thiophene rings is 1. The quantitative estimate of drug-likeness (QED) is 0.730. The molecule has 0 bridgehead atoms. The number of aliphatic imine (C=N–C) groups is 1. The van der Waals surface area contributed by atoms with E-state index in [2.05, 4.69) is 17.2 Å². The number of azo groups is 1. The maximum Gasteiger partial charge on any atom is 0.223 e. The molecule has 1 unspecified atom stereocenters. The summed E-state index contributed by atoms with van der Waals surface area (Å²) in [5.41, 5.74) is 2.75. The fourth-order valence-electron chi connectivity index (χ4n) is 3.09. The van der Waals surface area contributed by atoms with Crippen molar-refractivity contribution in [1.29, 1.82) is 0 Å². The molecule has 1 aliphatic carbocycles. The van der Waals surface area contributed by atoms with Crippen molar-refractivity contribution >= 4 is 39.5 Å². The number of aryl methyl sites for hydroxylation is 1. The minimum absolute atomic E-state index is 0.0342. The van der Waals surface area contributed by atoms with Gasteiger partial charge in [-0.25, -0.2) is 4.99 Å². The third-order valence-corrected chi connectivity index (χ3v) is 5.46. The van der Waals surface area contributed by atoms with Crippen LogP contribution in [0.2, 0.25) is 0 Å². The van der Waals surface area contributed by atoms with Crippen molar-refractivity contribution in [2.24, 2.45) is 15.2 Å². The Bertz CT molecular complexity index is 629. The summed E-state index contributed by atoms with van der Waals surface area (Å²) in [6.45, 7) is 2.11. The third kappa shape index (κ3) is 1.56. The second kappa shape index (κ2) is 4.18. The normalized spacial score (nSPS) is 24.1. The Morgan fingerprint density at radius 1 is 1.37 bits per heavy atom. The summed E-state index contributed by atoms with van der Waals surface area (Å²) in [5.74, 6) is 1.01. The van der Waals surface area contributed by atoms with Gasteiger partial charge in [0.25, 0.3) is 0 Å². The van der Waals surface area contributed by atoms with E-state index in [0.717, 1.165) is 23.7 Å². The molecule has 0 N–H and O–H groups in total. The van der Waals surface area contributed by atoms with Crippen LogP contribution >= 0.6 is 23.6 Å². The van der Waals surface area contributed by atoms with Gasteiger partial charge in [0, 0.05) is 16.9 Å². The molecule has 6 heteroatoms. The van der Waals surface area contributed by atoms with Crippen LogP contribution in [0.5, 0.6) is 0 Å². The number of hydrogen-bond donors (Lipinski definition) is 0. The fraction of sp³-hybridized carbons (Fsp3) is 0.538. The highest BCUT2D eigenvalue weighted by atomic mass is 32.1. The summed E-state index contributed by atoms with van der Waals surface area (Å²) < 4.78 is 0. The highest BCUT2D eigenvalue weighted by Crippen LogP contribution is 2.49. The summed E-state index contributed by atoms with van der Waals surface area (Å²) in [7, 11) is 0. The first kappa shape index (κ1) is 11.7. The maximum atomic E-state index is 5.31. The first-order valence-electron chi connectivity index (χ1n) is 6.75. The summed E-state index contributed by atoms with van der Waals surface area (Å²) in [6.07, 6.45) is 5.75. The molecule has 19 heavy (non-hydrogen) atoms. The molecule has 1 aromatic rings. The SMILES string of the molecule is CCC1=Nc2sc3c(c2C2N=NC(=S)N12)CCCC3. The lowest BCUT2D eigenvalue weighted by molar-refractivity contribution is 0.473. The van der Waals surface area contributed by atoms with E-state index in [0.29, 0.717) is 5.11 Å². The summed E-state index contributed by atoms with van der Waals surface area (Å²) in [4.78, 5) is 8.35. The lowest BCUT2D eigenvalue weighted by Gasteiger charge is -2.28. The zero-order chi connectivity index (χ0) is 13.0. The van der Waals surface area contributed by atoms with Crippen LogP contribution in [-0.2, 0) is 12.8 Å². The van der Waals surface area contributed by atoms with Gasteiger partial charge in [-0.05, 0) is 43.5 Å². The summed E-state index contributed by atoms with van der Waals surface area (Å²) in [5, 5.41) is 10.2. The van der Waals surface area contributed by atoms with Gasteiger partial charge < -0.3 is 0 Å². The minimum Gasteiger partial charge on any atom is -0.274 e. The number of nitrogens with zero attached hydrogens (tertiary/aromatic N) is 4. The molecule has 3 aliphatic rings. The number of thiocarbonyl (C=S) groups is 1. The van der Waals surface area contributed by atoms with Crippen molar-refractivity contribution in [2.75, 3.05) is 0 Å². The zero-order valence-corrected chi connectivity index (χ0v) is 12.4. The molecular weight excluding hydrogens is 276 g/mol. The molecule has 1 aromatic heterocycles. The van der Waals surface area contributed by atoms with Crippen molar-refractivity contribution in [2.45, 2.75) is 45.2 Å². The topological polar surface area (TPSA) is 40.3 Å². The van der Waals surface area contributed by atoms with Crippen LogP contribution in [-0.4, -0.2) is 15.8 Å². The van der Waals surface area contributed by atoms with Gasteiger partial charge >= 0.3 is 0 Å². The van der Waals surface area contributed by atoms with Gasteiger partial charge in [-0.1, -0.05) is 6.92 Å². The number of amidine groups is 1. The minimum atomic E-state index is -0.0342. The van der Waals surface area contributed by atoms with E-state index < -0.39 is 0 Å². The van der Waals surface area contributed by atoms with Gasteiger partial charge in [-0.15, -0.1) is 16.5 Å². The molecule has 4 nitrogen and oxygen atoms in total. The molecule has 1 atom stereocenters. The van der Waals surface area contributed by atoms with E-state index >= 15 is 0 Å². The Balaban J connectivity index is 1.92. The van der Waals surface area contributed by atoms with E-state index in [1.165, 1.54) is 35.3 Å². The van der Waals surface area contributed by atoms with Crippen molar-refractivity contribution < 1.29 is 0 Å². The highest BCUT2D eigenvalue weighted by molar-refractivity contribution is 7.80. The molecule has 0 saturated carbocycles. The van der Waals surface area contributed by atoms with Crippen LogP contribution < -0.4 is 0 Å². The van der Waals surface area contributed by atoms with Crippen LogP contribution in [0.4, 0.5) is 5.00 Å². The first-order valence-corrected chi connectivity index (χ1v) is 7.98. The predicted octanol–water partition coefficient (Wildman–Crippen LogP) is 4.13. The Morgan fingerprint density at radius 3 is 3.05 bits per heavy atom. The van der Waals surface area contributed by atoms with Crippen LogP contribution in [0.1, 0.15) is 48.4 Å². The molecule has 3 heterocycles. The van der Waals surface area contributed by atoms with E-state index in [1.807, 2.05) is 16.2 Å². The van der Waals surface area contributed by atoms with Gasteiger partial charge in [-0.3, -0.25) is 4.90 Å². The predicted molar refractivity (Wildman–Crippen MR) is 80.4 cm³/mol. The monoisotopic (exact) mass is 290 g/mol. The Hall–Kier alpha value is -1.14. The van der Waals surface area contributed by atoms with E-state index in [1.54, 1.807) is 0 Å². The number of fused-ring (bicyclic) bond motifs is 5. The molecule has 0 spiro atoms. The lowest BCUT2D eigenvalue weighted by atomic mass is 9.93. The summed E-state index contributed by atoms with van der Waals surface area (Å²) in [6, 6.07) is 0. The molecule has 4 rings (SSSR count). The van der Waals surface area contributed by atoms with Crippen LogP contribution in [0.15, 0.2) is 15.2 Å². The second-order valence-corrected chi connectivity index (χ2v) is 6.50. The smallest absolute Gasteiger partial charge is 0.223 e. The van der Waals surface area contributed by atoms with Crippen LogP contribution in [0.25, 0.3) is 0 Å². The molecule has 2 aliphatic heterocycles. The molecule has 0 fully saturated rings. The van der Waals surface area contributed by atoms with E-state index in [4.69, 9.17) is 17.2 Å². The van der Waals surface area contributed by atoms with E-state index in [-0.39, 0.29) is 6.17 Å². The average molecular weight is 290 g/mol. The van der Waals surface area contributed by atoms with Crippen molar-refractivity contribution in [1.82, 2.24) is 4.90 Å². The van der Waals surface area contributed by atoms with Gasteiger partial charge in [-0.2, -0.15) is 5.11 Å². The lowest BCUT2D eigenvalue weighted by Crippen LogP contribution is -2.35. The van der Waals surface area contributed by atoms with Gasteiger partial charge in [0.2, 0.25) is 5.11 Å². The Kier molecular flexibility index (Phi) is 2.57. The molecule has 98 valence electrons. The van der Waals surface area contributed by atoms with Gasteiger partial charge in [0.1, 0.15) is 10.8 Å². The average Bonchev–Trinajstić information content (AvgIpc) is 2.98. The second-order valence-electron chi connectivity index (χ2n) is 5.05. The molecule has 0 saturated heterocycles. The first-order chi connectivity index (χ1) is 9.29. The number of hydrogen-bond acceptors (Lipinski definition) is 4. The van der Waals surface area contributed by atoms with Crippen molar-refractivity contribution in [3.05, 3.63) is 16.0 Å². The highest BCUT2D eigenvalue weighted by Gasteiger charge is 2.39. The number of rotatable bonds is 1. The van der Waals surface area contributed by atoms with Gasteiger partial charge in [0.05, 0.1) is 0 Å². The Labute approximate surface area is 121 Å². The molecular formula is C13H14N4S2. The van der Waals surface area contributed by atoms with Crippen molar-refractivity contribution in [3.63, 3.8) is 0 Å². The van der Waals surface area contributed by atoms with Gasteiger partial charge in [0.15, 0.2) is 6.17 Å². The largest absolute Gasteiger partial charge is 0.274 e. The van der Waals surface area contributed by atoms with Crippen LogP contribution in [0, 0.1) is 0 Å². The fourth-order valence-corrected chi connectivity index (χ4v) is 4.65. The molecule has 0 radical (unpaired) electrons. The van der Waals surface area contributed by atoms with Crippen LogP contribution in [0.3, 0.4) is 0 Å². The van der Waals surface area contributed by atoms with Crippen molar-refractivity contribution in [3.8, 4) is 0 Å². The summed E-state index contributed by atoms with van der Waals surface area (Å²) >= 11 is 7.15. The third-order valence-electron chi connectivity index (χ3n) is 3.98. The molecule has 0 amide bonds. The maximum absolute atomic E-state index is 5.31. The Morgan fingerprint density at radius 2 is 2.21 bits per heavy atom. The molecule has 0 aromatic carbocycles. The zero-order valence-electron chi connectivity index (χ0n) is 10.7. The van der Waals surface area contributed by atoms with E-state index in [9.17, 15) is 0 Å². The standard InChI is InChI=1S/C13H14N4S2/c1-2-9-14-12-10(11-15-16-13(18)17(9)11)7-5-3-4-6-8(7)19-12/h11H,2-6H2,1H3.